The summed E-state index contributed by atoms with van der Waals surface area (Å²) in [6.07, 6.45) is 5.68. The molecule has 3 amide bonds. The molecule has 0 saturated carbocycles. The molecule has 0 radical (unpaired) electrons. The van der Waals surface area contributed by atoms with Crippen LogP contribution >= 0.6 is 11.3 Å². The van der Waals surface area contributed by atoms with Crippen molar-refractivity contribution in [1.82, 2.24) is 9.21 Å². The highest BCUT2D eigenvalue weighted by Gasteiger charge is 2.33. The maximum absolute atomic E-state index is 12.8. The van der Waals surface area contributed by atoms with Crippen molar-refractivity contribution in [3.63, 3.8) is 0 Å². The number of nitrogens with one attached hydrogen (secondary N) is 2. The van der Waals surface area contributed by atoms with Crippen molar-refractivity contribution >= 4 is 44.7 Å². The van der Waals surface area contributed by atoms with E-state index in [-0.39, 0.29) is 18.5 Å². The SMILES string of the molecule is O=C(Nc1ccc(NC(=O)N2CCCCCC2)cc1)C1CCCN(S(=O)(=O)c2cccs2)C1. The van der Waals surface area contributed by atoms with E-state index in [0.717, 1.165) is 38.8 Å². The third-order valence-electron chi connectivity index (χ3n) is 6.14. The lowest BCUT2D eigenvalue weighted by molar-refractivity contribution is -0.120. The van der Waals surface area contributed by atoms with Gasteiger partial charge in [0.25, 0.3) is 10.0 Å². The zero-order valence-electron chi connectivity index (χ0n) is 18.5. The highest BCUT2D eigenvalue weighted by Crippen LogP contribution is 2.27. The lowest BCUT2D eigenvalue weighted by Gasteiger charge is -2.30. The fraction of sp³-hybridized carbons (Fsp3) is 0.478. The molecule has 2 N–H and O–H groups in total. The number of benzene rings is 1. The maximum Gasteiger partial charge on any atom is 0.321 e. The average molecular weight is 491 g/mol. The number of hydrogen-bond donors (Lipinski definition) is 2. The van der Waals surface area contributed by atoms with E-state index in [1.54, 1.807) is 41.8 Å². The molecule has 3 heterocycles. The topological polar surface area (TPSA) is 98.8 Å². The Labute approximate surface area is 199 Å². The van der Waals surface area contributed by atoms with Gasteiger partial charge in [0.1, 0.15) is 4.21 Å². The molecule has 2 saturated heterocycles. The summed E-state index contributed by atoms with van der Waals surface area (Å²) in [5.41, 5.74) is 1.29. The summed E-state index contributed by atoms with van der Waals surface area (Å²) < 4.78 is 27.3. The number of rotatable bonds is 5. The molecule has 2 aliphatic heterocycles. The summed E-state index contributed by atoms with van der Waals surface area (Å²) >= 11 is 1.19. The van der Waals surface area contributed by atoms with Crippen LogP contribution in [0.5, 0.6) is 0 Å². The van der Waals surface area contributed by atoms with E-state index in [9.17, 15) is 18.0 Å². The lowest BCUT2D eigenvalue weighted by atomic mass is 9.98. The van der Waals surface area contributed by atoms with Crippen LogP contribution in [0.3, 0.4) is 0 Å². The van der Waals surface area contributed by atoms with Crippen molar-refractivity contribution in [2.24, 2.45) is 5.92 Å². The number of likely N-dealkylation sites (tertiary alicyclic amines) is 1. The summed E-state index contributed by atoms with van der Waals surface area (Å²) in [7, 11) is -3.56. The van der Waals surface area contributed by atoms with E-state index < -0.39 is 15.9 Å². The van der Waals surface area contributed by atoms with Crippen LogP contribution < -0.4 is 10.6 Å². The van der Waals surface area contributed by atoms with Gasteiger partial charge < -0.3 is 15.5 Å². The van der Waals surface area contributed by atoms with Gasteiger partial charge in [0.15, 0.2) is 0 Å². The standard InChI is InChI=1S/C23H30N4O4S2/c28-22(18-7-5-15-27(17-18)33(30,31)21-8-6-16-32-21)24-19-9-11-20(12-10-19)25-23(29)26-13-3-1-2-4-14-26/h6,8-12,16,18H,1-5,7,13-15,17H2,(H,24,28)(H,25,29). The summed E-state index contributed by atoms with van der Waals surface area (Å²) in [6, 6.07) is 10.2. The maximum atomic E-state index is 12.8. The number of nitrogens with zero attached hydrogens (tertiary/aromatic N) is 2. The predicted octanol–water partition coefficient (Wildman–Crippen LogP) is 4.20. The average Bonchev–Trinajstić information content (AvgIpc) is 3.24. The number of urea groups is 1. The largest absolute Gasteiger partial charge is 0.326 e. The molecule has 8 nitrogen and oxygen atoms in total. The van der Waals surface area contributed by atoms with E-state index in [1.807, 2.05) is 4.90 Å². The first-order chi connectivity index (χ1) is 15.9. The number of sulfonamides is 1. The predicted molar refractivity (Wildman–Crippen MR) is 130 cm³/mol. The molecule has 33 heavy (non-hydrogen) atoms. The lowest BCUT2D eigenvalue weighted by Crippen LogP contribution is -2.43. The molecule has 1 aromatic carbocycles. The third-order valence-corrected chi connectivity index (χ3v) is 9.38. The second kappa shape index (κ2) is 10.7. The van der Waals surface area contributed by atoms with Gasteiger partial charge in [0.05, 0.1) is 5.92 Å². The Morgan fingerprint density at radius 2 is 1.55 bits per heavy atom. The Bertz CT molecular complexity index is 1050. The van der Waals surface area contributed by atoms with Crippen molar-refractivity contribution in [2.75, 3.05) is 36.8 Å². The molecule has 2 aliphatic rings. The highest BCUT2D eigenvalue weighted by atomic mass is 32.2. The zero-order valence-corrected chi connectivity index (χ0v) is 20.2. The molecule has 4 rings (SSSR count). The molecule has 10 heteroatoms. The van der Waals surface area contributed by atoms with Gasteiger partial charge in [-0.25, -0.2) is 13.2 Å². The Morgan fingerprint density at radius 3 is 2.18 bits per heavy atom. The van der Waals surface area contributed by atoms with E-state index in [4.69, 9.17) is 0 Å². The van der Waals surface area contributed by atoms with Gasteiger partial charge in [-0.3, -0.25) is 4.79 Å². The highest BCUT2D eigenvalue weighted by molar-refractivity contribution is 7.91. The van der Waals surface area contributed by atoms with Crippen LogP contribution in [0, 0.1) is 5.92 Å². The molecule has 0 aliphatic carbocycles. The van der Waals surface area contributed by atoms with Crippen LogP contribution in [0.2, 0.25) is 0 Å². The van der Waals surface area contributed by atoms with E-state index in [1.165, 1.54) is 15.6 Å². The molecule has 2 fully saturated rings. The van der Waals surface area contributed by atoms with Gasteiger partial charge in [0.2, 0.25) is 5.91 Å². The fourth-order valence-corrected chi connectivity index (χ4v) is 6.94. The Morgan fingerprint density at radius 1 is 0.879 bits per heavy atom. The Balaban J connectivity index is 1.32. The minimum absolute atomic E-state index is 0.0945. The molecule has 0 bridgehead atoms. The van der Waals surface area contributed by atoms with Gasteiger partial charge in [-0.1, -0.05) is 18.9 Å². The molecule has 1 unspecified atom stereocenters. The number of anilines is 2. The number of thiophene rings is 1. The number of piperidine rings is 1. The molecular formula is C23H30N4O4S2. The van der Waals surface area contributed by atoms with Crippen molar-refractivity contribution in [2.45, 2.75) is 42.7 Å². The Hall–Kier alpha value is -2.43. The molecule has 1 atom stereocenters. The zero-order chi connectivity index (χ0) is 23.3. The summed E-state index contributed by atoms with van der Waals surface area (Å²) in [6.45, 7) is 2.16. The monoisotopic (exact) mass is 490 g/mol. The number of carbonyl (C=O) groups is 2. The van der Waals surface area contributed by atoms with Crippen LogP contribution in [-0.2, 0) is 14.8 Å². The summed E-state index contributed by atoms with van der Waals surface area (Å²) in [5.74, 6) is -0.599. The van der Waals surface area contributed by atoms with E-state index in [0.29, 0.717) is 35.0 Å². The van der Waals surface area contributed by atoms with Gasteiger partial charge in [-0.05, 0) is 61.4 Å². The molecule has 0 spiro atoms. The van der Waals surface area contributed by atoms with Crippen LogP contribution in [0.4, 0.5) is 16.2 Å². The first-order valence-corrected chi connectivity index (χ1v) is 13.8. The Kier molecular flexibility index (Phi) is 7.67. The molecule has 1 aromatic heterocycles. The quantitative estimate of drug-likeness (QED) is 0.656. The second-order valence-electron chi connectivity index (χ2n) is 8.53. The van der Waals surface area contributed by atoms with Crippen molar-refractivity contribution in [3.05, 3.63) is 41.8 Å². The molecular weight excluding hydrogens is 460 g/mol. The van der Waals surface area contributed by atoms with Crippen molar-refractivity contribution in [1.29, 1.82) is 0 Å². The summed E-state index contributed by atoms with van der Waals surface area (Å²) in [5, 5.41) is 7.55. The van der Waals surface area contributed by atoms with Crippen LogP contribution in [-0.4, -0.2) is 55.7 Å². The first kappa shape index (κ1) is 23.7. The first-order valence-electron chi connectivity index (χ1n) is 11.4. The third kappa shape index (κ3) is 5.93. The molecule has 178 valence electrons. The second-order valence-corrected chi connectivity index (χ2v) is 11.6. The number of carbonyl (C=O) groups excluding carboxylic acids is 2. The minimum Gasteiger partial charge on any atom is -0.326 e. The van der Waals surface area contributed by atoms with Crippen LogP contribution in [0.25, 0.3) is 0 Å². The number of hydrogen-bond acceptors (Lipinski definition) is 5. The van der Waals surface area contributed by atoms with Crippen LogP contribution in [0.15, 0.2) is 46.0 Å². The van der Waals surface area contributed by atoms with Crippen molar-refractivity contribution < 1.29 is 18.0 Å². The molecule has 2 aromatic rings. The van der Waals surface area contributed by atoms with E-state index in [2.05, 4.69) is 10.6 Å². The van der Waals surface area contributed by atoms with E-state index >= 15 is 0 Å². The van der Waals surface area contributed by atoms with Crippen LogP contribution in [0.1, 0.15) is 38.5 Å². The fourth-order valence-electron chi connectivity index (χ4n) is 4.27. The smallest absolute Gasteiger partial charge is 0.321 e. The number of amides is 3. The van der Waals surface area contributed by atoms with Gasteiger partial charge in [-0.2, -0.15) is 4.31 Å². The normalized spacial score (nSPS) is 20.1. The van der Waals surface area contributed by atoms with Gasteiger partial charge in [-0.15, -0.1) is 11.3 Å². The van der Waals surface area contributed by atoms with Gasteiger partial charge >= 0.3 is 6.03 Å². The van der Waals surface area contributed by atoms with Gasteiger partial charge in [0, 0.05) is 37.6 Å². The summed E-state index contributed by atoms with van der Waals surface area (Å²) in [4.78, 5) is 27.1. The minimum atomic E-state index is -3.56. The van der Waals surface area contributed by atoms with Crippen molar-refractivity contribution in [3.8, 4) is 0 Å².